The van der Waals surface area contributed by atoms with Crippen LogP contribution in [0.5, 0.6) is 0 Å². The monoisotopic (exact) mass is 387 g/mol. The Bertz CT molecular complexity index is 883. The lowest BCUT2D eigenvalue weighted by Gasteiger charge is -2.38. The van der Waals surface area contributed by atoms with Crippen LogP contribution in [0.15, 0.2) is 48.5 Å². The molecule has 2 aromatic rings. The number of amides is 2. The van der Waals surface area contributed by atoms with Crippen molar-refractivity contribution in [3.05, 3.63) is 59.4 Å². The molecule has 2 aliphatic heterocycles. The molecule has 27 heavy (non-hydrogen) atoms. The van der Waals surface area contributed by atoms with Crippen LogP contribution in [0.4, 0.5) is 15.8 Å². The van der Waals surface area contributed by atoms with E-state index in [2.05, 4.69) is 4.90 Å². The van der Waals surface area contributed by atoms with Gasteiger partial charge in [0.05, 0.1) is 28.9 Å². The summed E-state index contributed by atoms with van der Waals surface area (Å²) in [5.74, 6) is -1.04. The molecule has 1 atom stereocenters. The molecule has 0 spiro atoms. The van der Waals surface area contributed by atoms with Crippen molar-refractivity contribution in [2.24, 2.45) is 0 Å². The first-order chi connectivity index (χ1) is 13.0. The van der Waals surface area contributed by atoms with Crippen molar-refractivity contribution < 1.29 is 14.0 Å². The summed E-state index contributed by atoms with van der Waals surface area (Å²) < 4.78 is 13.5. The van der Waals surface area contributed by atoms with Crippen molar-refractivity contribution in [1.29, 1.82) is 0 Å². The number of piperazine rings is 1. The number of hydrogen-bond acceptors (Lipinski definition) is 4. The van der Waals surface area contributed by atoms with Gasteiger partial charge in [-0.15, -0.1) is 0 Å². The van der Waals surface area contributed by atoms with Crippen molar-refractivity contribution in [1.82, 2.24) is 4.90 Å². The highest BCUT2D eigenvalue weighted by atomic mass is 35.5. The van der Waals surface area contributed by atoms with Gasteiger partial charge in [0.25, 0.3) is 5.91 Å². The first-order valence-electron chi connectivity index (χ1n) is 8.90. The Hall–Kier alpha value is -2.44. The van der Waals surface area contributed by atoms with Gasteiger partial charge in [0.1, 0.15) is 5.82 Å². The highest BCUT2D eigenvalue weighted by molar-refractivity contribution is 6.33. The lowest BCUT2D eigenvalue weighted by atomic mass is 10.1. The topological polar surface area (TPSA) is 43.9 Å². The Morgan fingerprint density at radius 1 is 0.963 bits per heavy atom. The molecule has 140 valence electrons. The van der Waals surface area contributed by atoms with E-state index in [-0.39, 0.29) is 18.2 Å². The van der Waals surface area contributed by atoms with Crippen LogP contribution in [-0.2, 0) is 9.59 Å². The van der Waals surface area contributed by atoms with Crippen LogP contribution in [0.2, 0.25) is 5.02 Å². The zero-order valence-corrected chi connectivity index (χ0v) is 15.4. The molecule has 0 aromatic heterocycles. The summed E-state index contributed by atoms with van der Waals surface area (Å²) in [5, 5.41) is 0.704. The Kier molecular flexibility index (Phi) is 4.85. The van der Waals surface area contributed by atoms with Gasteiger partial charge in [0, 0.05) is 26.2 Å². The first-order valence-corrected chi connectivity index (χ1v) is 9.28. The third-order valence-corrected chi connectivity index (χ3v) is 5.46. The summed E-state index contributed by atoms with van der Waals surface area (Å²) >= 11 is 6.27. The molecular formula is C20H19ClFN3O2. The zero-order valence-electron chi connectivity index (χ0n) is 14.6. The van der Waals surface area contributed by atoms with Crippen LogP contribution in [0.1, 0.15) is 6.42 Å². The second kappa shape index (κ2) is 7.29. The number of hydrogen-bond donors (Lipinski definition) is 0. The highest BCUT2D eigenvalue weighted by Crippen LogP contribution is 2.29. The van der Waals surface area contributed by atoms with Gasteiger partial charge in [0.15, 0.2) is 0 Å². The number of benzene rings is 2. The molecule has 0 aliphatic carbocycles. The molecule has 2 aliphatic rings. The number of imide groups is 1. The van der Waals surface area contributed by atoms with Crippen molar-refractivity contribution >= 4 is 34.8 Å². The summed E-state index contributed by atoms with van der Waals surface area (Å²) in [6.07, 6.45) is 0.126. The second-order valence-corrected chi connectivity index (χ2v) is 7.15. The van der Waals surface area contributed by atoms with E-state index in [4.69, 9.17) is 11.6 Å². The molecule has 2 aromatic carbocycles. The maximum atomic E-state index is 13.5. The van der Waals surface area contributed by atoms with Crippen molar-refractivity contribution in [3.63, 3.8) is 0 Å². The van der Waals surface area contributed by atoms with Gasteiger partial charge in [-0.05, 0) is 30.3 Å². The van der Waals surface area contributed by atoms with Gasteiger partial charge < -0.3 is 4.90 Å². The predicted molar refractivity (Wildman–Crippen MR) is 103 cm³/mol. The average molecular weight is 388 g/mol. The van der Waals surface area contributed by atoms with Crippen LogP contribution in [0, 0.1) is 5.82 Å². The third kappa shape index (κ3) is 3.42. The molecule has 2 fully saturated rings. The van der Waals surface area contributed by atoms with E-state index >= 15 is 0 Å². The van der Waals surface area contributed by atoms with Gasteiger partial charge in [-0.25, -0.2) is 9.29 Å². The summed E-state index contributed by atoms with van der Waals surface area (Å²) in [4.78, 5) is 30.6. The fraction of sp³-hybridized carbons (Fsp3) is 0.300. The summed E-state index contributed by atoms with van der Waals surface area (Å²) in [5.41, 5.74) is 1.27. The first kappa shape index (κ1) is 17.9. The summed E-state index contributed by atoms with van der Waals surface area (Å²) in [6.45, 7) is 2.77. The van der Waals surface area contributed by atoms with Crippen LogP contribution >= 0.6 is 11.6 Å². The third-order valence-electron chi connectivity index (χ3n) is 5.14. The van der Waals surface area contributed by atoms with Crippen LogP contribution in [0.3, 0.4) is 0 Å². The van der Waals surface area contributed by atoms with Crippen molar-refractivity contribution in [3.8, 4) is 0 Å². The molecule has 2 heterocycles. The van der Waals surface area contributed by atoms with Gasteiger partial charge >= 0.3 is 0 Å². The minimum Gasteiger partial charge on any atom is -0.368 e. The summed E-state index contributed by atoms with van der Waals surface area (Å²) in [7, 11) is 0. The second-order valence-electron chi connectivity index (χ2n) is 6.74. The van der Waals surface area contributed by atoms with Gasteiger partial charge in [-0.2, -0.15) is 0 Å². The van der Waals surface area contributed by atoms with Crippen LogP contribution < -0.4 is 9.80 Å². The molecule has 0 unspecified atom stereocenters. The number of para-hydroxylation sites is 1. The molecule has 2 amide bonds. The zero-order chi connectivity index (χ0) is 19.0. The smallest absolute Gasteiger partial charge is 0.251 e. The molecule has 4 rings (SSSR count). The van der Waals surface area contributed by atoms with Crippen molar-refractivity contribution in [2.45, 2.75) is 12.5 Å². The largest absolute Gasteiger partial charge is 0.368 e. The molecule has 0 bridgehead atoms. The Morgan fingerprint density at radius 3 is 2.41 bits per heavy atom. The minimum absolute atomic E-state index is 0.126. The lowest BCUT2D eigenvalue weighted by Crippen LogP contribution is -2.52. The molecule has 5 nitrogen and oxygen atoms in total. The van der Waals surface area contributed by atoms with Crippen LogP contribution in [-0.4, -0.2) is 48.9 Å². The SMILES string of the molecule is O=C1C[C@H](N2CCN(c3ccccc3Cl)CC2)C(=O)N1c1cccc(F)c1. The van der Waals surface area contributed by atoms with E-state index in [1.807, 2.05) is 29.2 Å². The van der Waals surface area contributed by atoms with Gasteiger partial charge in [-0.3, -0.25) is 14.5 Å². The van der Waals surface area contributed by atoms with Crippen molar-refractivity contribution in [2.75, 3.05) is 36.0 Å². The minimum atomic E-state index is -0.492. The van der Waals surface area contributed by atoms with E-state index in [1.165, 1.54) is 18.2 Å². The fourth-order valence-corrected chi connectivity index (χ4v) is 4.03. The van der Waals surface area contributed by atoms with E-state index in [1.54, 1.807) is 6.07 Å². The molecular weight excluding hydrogens is 369 g/mol. The Balaban J connectivity index is 1.45. The van der Waals surface area contributed by atoms with E-state index in [9.17, 15) is 14.0 Å². The maximum absolute atomic E-state index is 13.5. The lowest BCUT2D eigenvalue weighted by molar-refractivity contribution is -0.123. The van der Waals surface area contributed by atoms with Crippen LogP contribution in [0.25, 0.3) is 0 Å². The maximum Gasteiger partial charge on any atom is 0.251 e. The van der Waals surface area contributed by atoms with Gasteiger partial charge in [-0.1, -0.05) is 29.8 Å². The van der Waals surface area contributed by atoms with E-state index in [0.29, 0.717) is 23.8 Å². The van der Waals surface area contributed by atoms with Gasteiger partial charge in [0.2, 0.25) is 5.91 Å². The molecule has 0 N–H and O–H groups in total. The highest BCUT2D eigenvalue weighted by Gasteiger charge is 2.43. The molecule has 2 saturated heterocycles. The number of rotatable bonds is 3. The fourth-order valence-electron chi connectivity index (χ4n) is 3.77. The predicted octanol–water partition coefficient (Wildman–Crippen LogP) is 2.93. The number of nitrogens with zero attached hydrogens (tertiary/aromatic N) is 3. The molecule has 7 heteroatoms. The quantitative estimate of drug-likeness (QED) is 0.759. The molecule has 0 saturated carbocycles. The average Bonchev–Trinajstić information content (AvgIpc) is 2.96. The number of carbonyl (C=O) groups excluding carboxylic acids is 2. The summed E-state index contributed by atoms with van der Waals surface area (Å²) in [6, 6.07) is 12.8. The van der Waals surface area contributed by atoms with E-state index in [0.717, 1.165) is 23.7 Å². The molecule has 0 radical (unpaired) electrons. The Morgan fingerprint density at radius 2 is 1.70 bits per heavy atom. The Labute approximate surface area is 161 Å². The van der Waals surface area contributed by atoms with E-state index < -0.39 is 11.9 Å². The number of halogens is 2. The normalized spacial score (nSPS) is 21.2. The standard InChI is InChI=1S/C20H19ClFN3O2/c21-16-6-1-2-7-17(16)23-8-10-24(11-9-23)18-13-19(26)25(20(18)27)15-5-3-4-14(22)12-15/h1-7,12,18H,8-11,13H2/t18-/m0/s1. The number of carbonyl (C=O) groups is 2. The number of anilines is 2.